The fourth-order valence-electron chi connectivity index (χ4n) is 3.81. The zero-order valence-corrected chi connectivity index (χ0v) is 14.4. The minimum Gasteiger partial charge on any atom is -0.305 e. The first-order valence-electron chi connectivity index (χ1n) is 8.50. The molecule has 2 heteroatoms. The molecule has 0 radical (unpaired) electrons. The van der Waals surface area contributed by atoms with Gasteiger partial charge in [-0.05, 0) is 39.2 Å². The molecule has 0 saturated carbocycles. The maximum absolute atomic E-state index is 3.82. The van der Waals surface area contributed by atoms with Crippen molar-refractivity contribution in [1.82, 2.24) is 10.2 Å². The van der Waals surface area contributed by atoms with Crippen LogP contribution in [0.15, 0.2) is 30.3 Å². The molecule has 1 aromatic rings. The second-order valence-corrected chi connectivity index (χ2v) is 7.33. The second kappa shape index (κ2) is 6.50. The molecular formula is C19H32N2. The Kier molecular flexibility index (Phi) is 5.11. The van der Waals surface area contributed by atoms with Crippen molar-refractivity contribution < 1.29 is 0 Å². The minimum atomic E-state index is 0.0535. The lowest BCUT2D eigenvalue weighted by atomic mass is 9.83. The molecule has 118 valence electrons. The third kappa shape index (κ3) is 3.49. The first-order chi connectivity index (χ1) is 9.93. The molecule has 2 unspecified atom stereocenters. The molecule has 2 atom stereocenters. The van der Waals surface area contributed by atoms with E-state index in [0.29, 0.717) is 6.04 Å². The van der Waals surface area contributed by atoms with Crippen LogP contribution < -0.4 is 5.32 Å². The van der Waals surface area contributed by atoms with E-state index in [1.54, 1.807) is 0 Å². The number of piperazine rings is 1. The van der Waals surface area contributed by atoms with Crippen LogP contribution in [0.5, 0.6) is 0 Å². The van der Waals surface area contributed by atoms with Crippen molar-refractivity contribution in [3.63, 3.8) is 0 Å². The van der Waals surface area contributed by atoms with Gasteiger partial charge in [0.05, 0.1) is 5.54 Å². The Labute approximate surface area is 130 Å². The van der Waals surface area contributed by atoms with Crippen molar-refractivity contribution in [1.29, 1.82) is 0 Å². The molecule has 1 aliphatic heterocycles. The molecular weight excluding hydrogens is 256 g/mol. The Balaban J connectivity index is 2.26. The summed E-state index contributed by atoms with van der Waals surface area (Å²) in [7, 11) is 0. The first kappa shape index (κ1) is 16.5. The number of benzene rings is 1. The third-order valence-electron chi connectivity index (χ3n) is 5.18. The molecule has 0 amide bonds. The van der Waals surface area contributed by atoms with Crippen LogP contribution in [0.3, 0.4) is 0 Å². The van der Waals surface area contributed by atoms with Crippen molar-refractivity contribution >= 4 is 0 Å². The zero-order chi connectivity index (χ0) is 15.5. The highest BCUT2D eigenvalue weighted by atomic mass is 15.3. The van der Waals surface area contributed by atoms with Crippen LogP contribution in [0.4, 0.5) is 0 Å². The standard InChI is InChI=1S/C19H32N2/c1-6-13-18(3,4)21-15-19(5,20-14-17(21)7-2)16-11-9-8-10-12-16/h8-12,17,20H,6-7,13-15H2,1-5H3. The predicted octanol–water partition coefficient (Wildman–Crippen LogP) is 4.16. The van der Waals surface area contributed by atoms with Crippen LogP contribution in [0, 0.1) is 0 Å². The van der Waals surface area contributed by atoms with Crippen molar-refractivity contribution in [3.05, 3.63) is 35.9 Å². The average Bonchev–Trinajstić information content (AvgIpc) is 2.48. The molecule has 1 fully saturated rings. The summed E-state index contributed by atoms with van der Waals surface area (Å²) in [5.74, 6) is 0. The van der Waals surface area contributed by atoms with Gasteiger partial charge < -0.3 is 5.32 Å². The van der Waals surface area contributed by atoms with Gasteiger partial charge in [0.25, 0.3) is 0 Å². The van der Waals surface area contributed by atoms with E-state index in [4.69, 9.17) is 0 Å². The van der Waals surface area contributed by atoms with Crippen LogP contribution in [0.1, 0.15) is 59.4 Å². The van der Waals surface area contributed by atoms with Crippen molar-refractivity contribution in [2.45, 2.75) is 71.0 Å². The minimum absolute atomic E-state index is 0.0535. The van der Waals surface area contributed by atoms with E-state index in [1.807, 2.05) is 0 Å². The lowest BCUT2D eigenvalue weighted by Crippen LogP contribution is -2.65. The third-order valence-corrected chi connectivity index (χ3v) is 5.18. The van der Waals surface area contributed by atoms with E-state index in [-0.39, 0.29) is 11.1 Å². The molecule has 0 bridgehead atoms. The molecule has 0 aliphatic carbocycles. The highest BCUT2D eigenvalue weighted by Crippen LogP contribution is 2.33. The van der Waals surface area contributed by atoms with Gasteiger partial charge in [0.2, 0.25) is 0 Å². The van der Waals surface area contributed by atoms with Crippen molar-refractivity contribution in [2.75, 3.05) is 13.1 Å². The fraction of sp³-hybridized carbons (Fsp3) is 0.684. The van der Waals surface area contributed by atoms with Gasteiger partial charge in [-0.2, -0.15) is 0 Å². The van der Waals surface area contributed by atoms with Gasteiger partial charge in [0.15, 0.2) is 0 Å². The SMILES string of the molecule is CCCC(C)(C)N1CC(C)(c2ccccc2)NCC1CC. The topological polar surface area (TPSA) is 15.3 Å². The van der Waals surface area contributed by atoms with E-state index in [2.05, 4.69) is 75.2 Å². The Morgan fingerprint density at radius 2 is 1.90 bits per heavy atom. The molecule has 1 N–H and O–H groups in total. The number of nitrogens with zero attached hydrogens (tertiary/aromatic N) is 1. The van der Waals surface area contributed by atoms with Crippen LogP contribution >= 0.6 is 0 Å². The number of hydrogen-bond donors (Lipinski definition) is 1. The van der Waals surface area contributed by atoms with Crippen LogP contribution in [-0.4, -0.2) is 29.6 Å². The molecule has 0 spiro atoms. The molecule has 1 aliphatic rings. The average molecular weight is 288 g/mol. The van der Waals surface area contributed by atoms with Crippen molar-refractivity contribution in [2.24, 2.45) is 0 Å². The number of hydrogen-bond acceptors (Lipinski definition) is 2. The molecule has 0 aromatic heterocycles. The number of nitrogens with one attached hydrogen (secondary N) is 1. The van der Waals surface area contributed by atoms with Crippen molar-refractivity contribution in [3.8, 4) is 0 Å². The van der Waals surface area contributed by atoms with Gasteiger partial charge in [-0.25, -0.2) is 0 Å². The van der Waals surface area contributed by atoms with E-state index < -0.39 is 0 Å². The Hall–Kier alpha value is -0.860. The van der Waals surface area contributed by atoms with Crippen LogP contribution in [0.25, 0.3) is 0 Å². The predicted molar refractivity (Wildman–Crippen MR) is 91.6 cm³/mol. The van der Waals surface area contributed by atoms with Gasteiger partial charge in [0, 0.05) is 24.7 Å². The van der Waals surface area contributed by atoms with E-state index >= 15 is 0 Å². The van der Waals surface area contributed by atoms with Gasteiger partial charge in [-0.3, -0.25) is 4.90 Å². The van der Waals surface area contributed by atoms with Crippen LogP contribution in [0.2, 0.25) is 0 Å². The van der Waals surface area contributed by atoms with Gasteiger partial charge in [-0.1, -0.05) is 50.6 Å². The maximum Gasteiger partial charge on any atom is 0.0535 e. The summed E-state index contributed by atoms with van der Waals surface area (Å²) >= 11 is 0. The second-order valence-electron chi connectivity index (χ2n) is 7.33. The highest BCUT2D eigenvalue weighted by molar-refractivity contribution is 5.25. The summed E-state index contributed by atoms with van der Waals surface area (Å²) in [6, 6.07) is 11.5. The summed E-state index contributed by atoms with van der Waals surface area (Å²) in [6.45, 7) is 13.9. The van der Waals surface area contributed by atoms with E-state index in [1.165, 1.54) is 24.8 Å². The highest BCUT2D eigenvalue weighted by Gasteiger charge is 2.41. The summed E-state index contributed by atoms with van der Waals surface area (Å²) < 4.78 is 0. The summed E-state index contributed by atoms with van der Waals surface area (Å²) in [4.78, 5) is 2.75. The Bertz CT molecular complexity index is 440. The van der Waals surface area contributed by atoms with Gasteiger partial charge >= 0.3 is 0 Å². The van der Waals surface area contributed by atoms with Crippen LogP contribution in [-0.2, 0) is 5.54 Å². The largest absolute Gasteiger partial charge is 0.305 e. The van der Waals surface area contributed by atoms with E-state index in [9.17, 15) is 0 Å². The molecule has 1 saturated heterocycles. The quantitative estimate of drug-likeness (QED) is 0.875. The fourth-order valence-corrected chi connectivity index (χ4v) is 3.81. The molecule has 1 aromatic carbocycles. The Morgan fingerprint density at radius 1 is 1.24 bits per heavy atom. The molecule has 2 rings (SSSR count). The van der Waals surface area contributed by atoms with Gasteiger partial charge in [-0.15, -0.1) is 0 Å². The summed E-state index contributed by atoms with van der Waals surface area (Å²) in [5, 5.41) is 3.82. The summed E-state index contributed by atoms with van der Waals surface area (Å²) in [5.41, 5.74) is 1.72. The monoisotopic (exact) mass is 288 g/mol. The lowest BCUT2D eigenvalue weighted by Gasteiger charge is -2.53. The van der Waals surface area contributed by atoms with Gasteiger partial charge in [0.1, 0.15) is 0 Å². The molecule has 2 nitrogen and oxygen atoms in total. The zero-order valence-electron chi connectivity index (χ0n) is 14.4. The summed E-state index contributed by atoms with van der Waals surface area (Å²) in [6.07, 6.45) is 3.72. The maximum atomic E-state index is 3.82. The lowest BCUT2D eigenvalue weighted by molar-refractivity contribution is -0.00305. The Morgan fingerprint density at radius 3 is 2.48 bits per heavy atom. The molecule has 1 heterocycles. The van der Waals surface area contributed by atoms with E-state index in [0.717, 1.165) is 13.1 Å². The number of rotatable bonds is 5. The molecule has 21 heavy (non-hydrogen) atoms. The smallest absolute Gasteiger partial charge is 0.0535 e. The first-order valence-corrected chi connectivity index (χ1v) is 8.50. The normalized spacial score (nSPS) is 27.8.